The number of aromatic nitrogens is 1. The van der Waals surface area contributed by atoms with E-state index in [1.165, 1.54) is 11.3 Å². The van der Waals surface area contributed by atoms with Gasteiger partial charge in [-0.05, 0) is 51.8 Å². The van der Waals surface area contributed by atoms with Crippen LogP contribution in [0.2, 0.25) is 0 Å². The van der Waals surface area contributed by atoms with Crippen LogP contribution in [0.5, 0.6) is 5.75 Å². The largest absolute Gasteiger partial charge is 0.496 e. The highest BCUT2D eigenvalue weighted by atomic mass is 79.9. The van der Waals surface area contributed by atoms with Crippen molar-refractivity contribution >= 4 is 49.1 Å². The molecule has 22 heavy (non-hydrogen) atoms. The number of methoxy groups -OCH3 is 1. The molecule has 0 atom stereocenters. The van der Waals surface area contributed by atoms with Crippen molar-refractivity contribution in [1.29, 1.82) is 5.26 Å². The van der Waals surface area contributed by atoms with Crippen LogP contribution in [0.4, 0.5) is 0 Å². The lowest BCUT2D eigenvalue weighted by atomic mass is 10.1. The van der Waals surface area contributed by atoms with E-state index in [9.17, 15) is 5.26 Å². The van der Waals surface area contributed by atoms with Crippen LogP contribution in [0.3, 0.4) is 0 Å². The molecule has 0 radical (unpaired) electrons. The molecule has 5 heteroatoms. The van der Waals surface area contributed by atoms with Crippen LogP contribution < -0.4 is 4.74 Å². The second-order valence-electron chi connectivity index (χ2n) is 4.55. The fourth-order valence-electron chi connectivity index (χ4n) is 2.07. The lowest BCUT2D eigenvalue weighted by molar-refractivity contribution is 0.412. The van der Waals surface area contributed by atoms with E-state index in [0.29, 0.717) is 5.57 Å². The number of para-hydroxylation sites is 1. The highest BCUT2D eigenvalue weighted by Crippen LogP contribution is 2.30. The van der Waals surface area contributed by atoms with Crippen LogP contribution >= 0.6 is 27.3 Å². The third-order valence-electron chi connectivity index (χ3n) is 3.13. The van der Waals surface area contributed by atoms with Crippen LogP contribution in [0, 0.1) is 11.3 Å². The Morgan fingerprint density at radius 2 is 2.14 bits per heavy atom. The first-order chi connectivity index (χ1) is 10.7. The molecule has 1 aromatic heterocycles. The molecule has 3 nitrogen and oxygen atoms in total. The lowest BCUT2D eigenvalue weighted by Crippen LogP contribution is -1.85. The first-order valence-corrected chi connectivity index (χ1v) is 8.13. The average molecular weight is 371 g/mol. The number of fused-ring (bicyclic) bond motifs is 1. The maximum atomic E-state index is 9.45. The molecule has 0 aliphatic heterocycles. The minimum atomic E-state index is 0.554. The van der Waals surface area contributed by atoms with E-state index in [1.54, 1.807) is 7.11 Å². The van der Waals surface area contributed by atoms with Gasteiger partial charge in [0.2, 0.25) is 0 Å². The van der Waals surface area contributed by atoms with Gasteiger partial charge in [0.1, 0.15) is 16.8 Å². The number of benzene rings is 2. The zero-order chi connectivity index (χ0) is 15.5. The van der Waals surface area contributed by atoms with Crippen LogP contribution in [-0.2, 0) is 0 Å². The number of hydrogen-bond acceptors (Lipinski definition) is 4. The maximum Gasteiger partial charge on any atom is 0.135 e. The summed E-state index contributed by atoms with van der Waals surface area (Å²) in [6.45, 7) is 0. The van der Waals surface area contributed by atoms with Gasteiger partial charge in [-0.1, -0.05) is 18.2 Å². The van der Waals surface area contributed by atoms with Crippen LogP contribution in [0.1, 0.15) is 10.6 Å². The van der Waals surface area contributed by atoms with Gasteiger partial charge in [-0.15, -0.1) is 11.3 Å². The summed E-state index contributed by atoms with van der Waals surface area (Å²) < 4.78 is 7.14. The summed E-state index contributed by atoms with van der Waals surface area (Å²) >= 11 is 4.98. The van der Waals surface area contributed by atoms with E-state index in [4.69, 9.17) is 4.74 Å². The summed E-state index contributed by atoms with van der Waals surface area (Å²) in [6.07, 6.45) is 1.84. The number of rotatable bonds is 3. The number of nitrogens with zero attached hydrogens (tertiary/aromatic N) is 2. The number of halogens is 1. The summed E-state index contributed by atoms with van der Waals surface area (Å²) in [6, 6.07) is 15.8. The number of allylic oxidation sites excluding steroid dienone is 1. The standard InChI is InChI=1S/C17H11BrN2OS/c1-21-15-7-6-11(9-13(15)18)8-12(10-19)17-20-14-4-2-3-5-16(14)22-17/h2-9H,1H3/b12-8+. The summed E-state index contributed by atoms with van der Waals surface area (Å²) in [5.41, 5.74) is 2.39. The highest BCUT2D eigenvalue weighted by Gasteiger charge is 2.09. The third kappa shape index (κ3) is 2.89. The molecule has 0 amide bonds. The molecule has 0 saturated carbocycles. The van der Waals surface area contributed by atoms with Gasteiger partial charge in [-0.2, -0.15) is 5.26 Å². The highest BCUT2D eigenvalue weighted by molar-refractivity contribution is 9.10. The van der Waals surface area contributed by atoms with Gasteiger partial charge < -0.3 is 4.74 Å². The Morgan fingerprint density at radius 1 is 1.32 bits per heavy atom. The van der Waals surface area contributed by atoms with Crippen molar-refractivity contribution in [2.75, 3.05) is 7.11 Å². The van der Waals surface area contributed by atoms with Crippen molar-refractivity contribution < 1.29 is 4.74 Å². The van der Waals surface area contributed by atoms with Crippen molar-refractivity contribution in [2.24, 2.45) is 0 Å². The number of ether oxygens (including phenoxy) is 1. The molecule has 0 bridgehead atoms. The molecular weight excluding hydrogens is 360 g/mol. The van der Waals surface area contributed by atoms with Gasteiger partial charge in [0.05, 0.1) is 27.4 Å². The molecule has 1 heterocycles. The SMILES string of the molecule is COc1ccc(/C=C(\C#N)c2nc3ccccc3s2)cc1Br. The minimum Gasteiger partial charge on any atom is -0.496 e. The molecule has 0 spiro atoms. The van der Waals surface area contributed by atoms with E-state index in [2.05, 4.69) is 27.0 Å². The molecule has 0 N–H and O–H groups in total. The molecule has 3 rings (SSSR count). The maximum absolute atomic E-state index is 9.45. The molecule has 3 aromatic rings. The zero-order valence-corrected chi connectivity index (χ0v) is 14.1. The topological polar surface area (TPSA) is 45.9 Å². The van der Waals surface area contributed by atoms with Gasteiger partial charge in [0.15, 0.2) is 0 Å². The minimum absolute atomic E-state index is 0.554. The Balaban J connectivity index is 2.03. The number of nitriles is 1. The third-order valence-corrected chi connectivity index (χ3v) is 4.82. The predicted molar refractivity (Wildman–Crippen MR) is 93.8 cm³/mol. The number of thiazole rings is 1. The van der Waals surface area contributed by atoms with Crippen molar-refractivity contribution in [1.82, 2.24) is 4.98 Å². The molecule has 2 aromatic carbocycles. The van der Waals surface area contributed by atoms with E-state index >= 15 is 0 Å². The van der Waals surface area contributed by atoms with Gasteiger partial charge in [-0.3, -0.25) is 0 Å². The van der Waals surface area contributed by atoms with Gasteiger partial charge in [0.25, 0.3) is 0 Å². The second-order valence-corrected chi connectivity index (χ2v) is 6.44. The number of hydrogen-bond donors (Lipinski definition) is 0. The van der Waals surface area contributed by atoms with E-state index in [1.807, 2.05) is 48.5 Å². The first-order valence-electron chi connectivity index (χ1n) is 6.52. The van der Waals surface area contributed by atoms with Gasteiger partial charge in [0, 0.05) is 0 Å². The van der Waals surface area contributed by atoms with E-state index < -0.39 is 0 Å². The smallest absolute Gasteiger partial charge is 0.135 e. The summed E-state index contributed by atoms with van der Waals surface area (Å²) in [5.74, 6) is 0.760. The van der Waals surface area contributed by atoms with Crippen molar-refractivity contribution in [3.8, 4) is 11.8 Å². The van der Waals surface area contributed by atoms with Crippen molar-refractivity contribution in [3.63, 3.8) is 0 Å². The van der Waals surface area contributed by atoms with Crippen molar-refractivity contribution in [2.45, 2.75) is 0 Å². The fourth-order valence-corrected chi connectivity index (χ4v) is 3.56. The Bertz CT molecular complexity index is 875. The Hall–Kier alpha value is -2.16. The lowest BCUT2D eigenvalue weighted by Gasteiger charge is -2.03. The van der Waals surface area contributed by atoms with Gasteiger partial charge in [-0.25, -0.2) is 4.98 Å². The van der Waals surface area contributed by atoms with Gasteiger partial charge >= 0.3 is 0 Å². The van der Waals surface area contributed by atoms with E-state index in [-0.39, 0.29) is 0 Å². The predicted octanol–water partition coefficient (Wildman–Crippen LogP) is 5.13. The Labute approximate surface area is 140 Å². The quantitative estimate of drug-likeness (QED) is 0.600. The fraction of sp³-hybridized carbons (Fsp3) is 0.0588. The molecule has 0 aliphatic carbocycles. The summed E-state index contributed by atoms with van der Waals surface area (Å²) in [5, 5.41) is 10.2. The first kappa shape index (κ1) is 14.8. The van der Waals surface area contributed by atoms with Crippen molar-refractivity contribution in [3.05, 3.63) is 57.5 Å². The molecule has 0 aliphatic rings. The summed E-state index contributed by atoms with van der Waals surface area (Å²) in [4.78, 5) is 4.53. The van der Waals surface area contributed by atoms with Crippen LogP contribution in [-0.4, -0.2) is 12.1 Å². The summed E-state index contributed by atoms with van der Waals surface area (Å²) in [7, 11) is 1.62. The Morgan fingerprint density at radius 3 is 2.82 bits per heavy atom. The van der Waals surface area contributed by atoms with Crippen LogP contribution in [0.25, 0.3) is 21.9 Å². The molecule has 0 fully saturated rings. The molecular formula is C17H11BrN2OS. The monoisotopic (exact) mass is 370 g/mol. The van der Waals surface area contributed by atoms with Crippen LogP contribution in [0.15, 0.2) is 46.9 Å². The zero-order valence-electron chi connectivity index (χ0n) is 11.7. The average Bonchev–Trinajstić information content (AvgIpc) is 2.96. The molecule has 0 saturated heterocycles. The second kappa shape index (κ2) is 6.30. The molecule has 108 valence electrons. The normalized spacial score (nSPS) is 11.4. The molecule has 0 unspecified atom stereocenters. The van der Waals surface area contributed by atoms with E-state index in [0.717, 1.165) is 31.0 Å². The Kier molecular flexibility index (Phi) is 4.23.